The fourth-order valence-electron chi connectivity index (χ4n) is 7.42. The monoisotopic (exact) mass is 921 g/mol. The van der Waals surface area contributed by atoms with Crippen molar-refractivity contribution in [2.75, 3.05) is 11.1 Å². The maximum Gasteiger partial charge on any atom is 0.423 e. The van der Waals surface area contributed by atoms with Crippen LogP contribution in [0.1, 0.15) is 152 Å². The van der Waals surface area contributed by atoms with Crippen LogP contribution >= 0.6 is 0 Å². The van der Waals surface area contributed by atoms with Crippen LogP contribution in [0.25, 0.3) is 0 Å². The van der Waals surface area contributed by atoms with Crippen LogP contribution < -0.4 is 11.1 Å². The molecule has 1 aliphatic rings. The second kappa shape index (κ2) is 24.2. The highest BCUT2D eigenvalue weighted by molar-refractivity contribution is 5.61. The summed E-state index contributed by atoms with van der Waals surface area (Å²) in [6.07, 6.45) is -15.6. The van der Waals surface area contributed by atoms with Crippen molar-refractivity contribution in [1.29, 1.82) is 0 Å². The van der Waals surface area contributed by atoms with E-state index in [9.17, 15) is 31.4 Å². The van der Waals surface area contributed by atoms with E-state index in [0.29, 0.717) is 23.7 Å². The van der Waals surface area contributed by atoms with Gasteiger partial charge in [0.2, 0.25) is 6.10 Å². The Labute approximate surface area is 391 Å². The molecule has 0 bridgehead atoms. The predicted octanol–water partition coefficient (Wildman–Crippen LogP) is 16.0. The molecular formula is C55H70F6N2O3. The molecule has 1 heterocycles. The third-order valence-corrected chi connectivity index (χ3v) is 11.1. The van der Waals surface area contributed by atoms with Crippen molar-refractivity contribution in [2.24, 2.45) is 0 Å². The van der Waals surface area contributed by atoms with Gasteiger partial charge in [0.15, 0.2) is 0 Å². The standard InChI is InChI=1S/C26H31NO.C14H12O.C12H19N.C3H2F6O.3H2/c1-18(2)22-16-11-17-23(19(3)4)25(22)27-24(20-12-7-5-8-13-20)26(28)21-14-9-6-10-15-21;1-3-7-11(8-4-1)13-14(15-13)12-9-5-2-6-10-12;1-8(2)10-6-5-7-11(9(3)4)12(10)13;4-2(5,6)1(10)3(7,8)9;;;/h5-19,24,26-28H,1-4H3;1-10,13-14H;5-9H,13H2,1-4H3;1,10H;3*1H/t24-,26+;13-,14-;;;;;/m00...../s1. The van der Waals surface area contributed by atoms with Crippen LogP contribution in [0.4, 0.5) is 37.7 Å². The Morgan fingerprint density at radius 2 is 0.788 bits per heavy atom. The first kappa shape index (κ1) is 53.0. The van der Waals surface area contributed by atoms with Gasteiger partial charge in [-0.05, 0) is 68.2 Å². The van der Waals surface area contributed by atoms with Crippen LogP contribution in [-0.4, -0.2) is 28.7 Å². The molecule has 11 heteroatoms. The van der Waals surface area contributed by atoms with E-state index in [0.717, 1.165) is 22.5 Å². The number of alkyl halides is 6. The number of nitrogens with two attached hydrogens (primary N) is 1. The predicted molar refractivity (Wildman–Crippen MR) is 262 cm³/mol. The molecule has 1 aliphatic heterocycles. The number of halogens is 6. The summed E-state index contributed by atoms with van der Waals surface area (Å²) >= 11 is 0. The van der Waals surface area contributed by atoms with Gasteiger partial charge in [0.1, 0.15) is 18.3 Å². The molecule has 0 aliphatic carbocycles. The molecule has 0 amide bonds. The number of aliphatic hydroxyl groups is 2. The lowest BCUT2D eigenvalue weighted by Gasteiger charge is -2.30. The Hall–Kier alpha value is -5.62. The van der Waals surface area contributed by atoms with Crippen molar-refractivity contribution in [3.63, 3.8) is 0 Å². The van der Waals surface area contributed by atoms with Crippen LogP contribution in [0.15, 0.2) is 158 Å². The first-order valence-corrected chi connectivity index (χ1v) is 22.3. The van der Waals surface area contributed by atoms with Crippen LogP contribution in [0.5, 0.6) is 0 Å². The van der Waals surface area contributed by atoms with E-state index in [1.807, 2.05) is 60.7 Å². The quantitative estimate of drug-likeness (QED) is 0.0590. The zero-order valence-corrected chi connectivity index (χ0v) is 38.9. The minimum absolute atomic E-state index is 0. The molecule has 0 aromatic heterocycles. The molecular weight excluding hydrogens is 851 g/mol. The van der Waals surface area contributed by atoms with Gasteiger partial charge in [-0.2, -0.15) is 26.3 Å². The first-order valence-electron chi connectivity index (χ1n) is 22.3. The van der Waals surface area contributed by atoms with Gasteiger partial charge in [0.05, 0.1) is 6.04 Å². The molecule has 5 nitrogen and oxygen atoms in total. The maximum absolute atomic E-state index is 11.3. The van der Waals surface area contributed by atoms with E-state index in [2.05, 4.69) is 158 Å². The smallest absolute Gasteiger partial charge is 0.398 e. The maximum atomic E-state index is 11.3. The van der Waals surface area contributed by atoms with Gasteiger partial charge in [-0.3, -0.25) is 0 Å². The lowest BCUT2D eigenvalue weighted by molar-refractivity contribution is -0.308. The molecule has 6 aromatic carbocycles. The molecule has 0 spiro atoms. The molecule has 0 saturated carbocycles. The van der Waals surface area contributed by atoms with Crippen molar-refractivity contribution in [2.45, 2.75) is 122 Å². The normalized spacial score (nSPS) is 15.5. The van der Waals surface area contributed by atoms with Gasteiger partial charge in [-0.1, -0.05) is 213 Å². The minimum Gasteiger partial charge on any atom is -0.398 e. The van der Waals surface area contributed by atoms with Gasteiger partial charge < -0.3 is 26.0 Å². The Balaban J connectivity index is 0.000000494. The van der Waals surface area contributed by atoms with E-state index in [-0.39, 0.29) is 22.5 Å². The highest BCUT2D eigenvalue weighted by atomic mass is 19.4. The number of anilines is 2. The molecule has 66 heavy (non-hydrogen) atoms. The molecule has 6 aromatic rings. The number of benzene rings is 6. The average molecular weight is 921 g/mol. The Kier molecular flexibility index (Phi) is 19.5. The molecule has 0 radical (unpaired) electrons. The van der Waals surface area contributed by atoms with E-state index in [4.69, 9.17) is 15.6 Å². The lowest BCUT2D eigenvalue weighted by atomic mass is 9.90. The molecule has 1 fully saturated rings. The summed E-state index contributed by atoms with van der Waals surface area (Å²) in [5.74, 6) is 1.82. The second-order valence-corrected chi connectivity index (χ2v) is 17.5. The van der Waals surface area contributed by atoms with Gasteiger partial charge in [0.25, 0.3) is 0 Å². The number of nitrogen functional groups attached to an aromatic ring is 1. The zero-order chi connectivity index (χ0) is 48.8. The van der Waals surface area contributed by atoms with Crippen molar-refractivity contribution in [3.8, 4) is 0 Å². The van der Waals surface area contributed by atoms with E-state index in [1.165, 1.54) is 33.4 Å². The topological polar surface area (TPSA) is 91.0 Å². The fourth-order valence-corrected chi connectivity index (χ4v) is 7.42. The molecule has 5 N–H and O–H groups in total. The van der Waals surface area contributed by atoms with Crippen molar-refractivity contribution < 1.29 is 45.6 Å². The summed E-state index contributed by atoms with van der Waals surface area (Å²) in [6, 6.07) is 53.5. The second-order valence-electron chi connectivity index (χ2n) is 17.5. The highest BCUT2D eigenvalue weighted by Crippen LogP contribution is 2.50. The average Bonchev–Trinajstić information content (AvgIpc) is 4.10. The van der Waals surface area contributed by atoms with Crippen LogP contribution in [0.3, 0.4) is 0 Å². The van der Waals surface area contributed by atoms with Gasteiger partial charge >= 0.3 is 12.4 Å². The van der Waals surface area contributed by atoms with Gasteiger partial charge in [-0.25, -0.2) is 0 Å². The zero-order valence-electron chi connectivity index (χ0n) is 38.9. The number of aliphatic hydroxyl groups excluding tert-OH is 2. The van der Waals surface area contributed by atoms with Gasteiger partial charge in [0, 0.05) is 15.7 Å². The molecule has 0 unspecified atom stereocenters. The van der Waals surface area contributed by atoms with E-state index in [1.54, 1.807) is 0 Å². The summed E-state index contributed by atoms with van der Waals surface area (Å²) in [5.41, 5.74) is 17.9. The summed E-state index contributed by atoms with van der Waals surface area (Å²) in [6.45, 7) is 17.6. The lowest BCUT2D eigenvalue weighted by Crippen LogP contribution is -2.41. The number of rotatable bonds is 11. The number of nitrogens with one attached hydrogen (secondary N) is 1. The summed E-state index contributed by atoms with van der Waals surface area (Å²) < 4.78 is 71.5. The number of ether oxygens (including phenoxy) is 1. The van der Waals surface area contributed by atoms with Crippen LogP contribution in [0, 0.1) is 0 Å². The summed E-state index contributed by atoms with van der Waals surface area (Å²) in [4.78, 5) is 0. The number of para-hydroxylation sites is 2. The van der Waals surface area contributed by atoms with Crippen LogP contribution in [0.2, 0.25) is 0 Å². The van der Waals surface area contributed by atoms with Crippen LogP contribution in [-0.2, 0) is 4.74 Å². The Morgan fingerprint density at radius 3 is 1.11 bits per heavy atom. The summed E-state index contributed by atoms with van der Waals surface area (Å²) in [5, 5.41) is 22.5. The third kappa shape index (κ3) is 15.2. The van der Waals surface area contributed by atoms with E-state index >= 15 is 0 Å². The molecule has 360 valence electrons. The van der Waals surface area contributed by atoms with Crippen molar-refractivity contribution >= 4 is 11.4 Å². The molecule has 7 rings (SSSR count). The Morgan fingerprint density at radius 1 is 0.470 bits per heavy atom. The molecule has 4 atom stereocenters. The van der Waals surface area contributed by atoms with Crippen molar-refractivity contribution in [3.05, 3.63) is 202 Å². The van der Waals surface area contributed by atoms with Crippen molar-refractivity contribution in [1.82, 2.24) is 0 Å². The fraction of sp³-hybridized carbons (Fsp3) is 0.345. The van der Waals surface area contributed by atoms with Gasteiger partial charge in [-0.15, -0.1) is 0 Å². The number of hydrogen-bond donors (Lipinski definition) is 4. The first-order chi connectivity index (χ1) is 31.1. The largest absolute Gasteiger partial charge is 0.423 e. The Bertz CT molecular complexity index is 2230. The number of hydrogen-bond acceptors (Lipinski definition) is 5. The molecule has 1 saturated heterocycles. The highest BCUT2D eigenvalue weighted by Gasteiger charge is 2.55. The summed E-state index contributed by atoms with van der Waals surface area (Å²) in [7, 11) is 0. The third-order valence-electron chi connectivity index (χ3n) is 11.1. The minimum atomic E-state index is -5.63. The van der Waals surface area contributed by atoms with E-state index < -0.39 is 24.6 Å². The number of epoxide rings is 1. The SMILES string of the molecule is CC(C)c1cccc(C(C)C)c1N.CC(C)c1cccc(C(C)C)c1N[C@@H](c1ccccc1)[C@H](O)c1ccccc1.OC(C(F)(F)F)C(F)(F)F.[HH].[HH].[HH].c1ccc([C@@H]2O[C@H]2c2ccccc2)cc1.